The first kappa shape index (κ1) is 20.2. The Morgan fingerprint density at radius 3 is 2.32 bits per heavy atom. The van der Waals surface area contributed by atoms with E-state index in [2.05, 4.69) is 22.5 Å². The van der Waals surface area contributed by atoms with Crippen LogP contribution in [0.3, 0.4) is 0 Å². The highest BCUT2D eigenvalue weighted by molar-refractivity contribution is 7.80. The third kappa shape index (κ3) is 5.27. The lowest BCUT2D eigenvalue weighted by Gasteiger charge is -2.35. The minimum Gasteiger partial charge on any atom is -0.346 e. The molecular formula is C21H25FN4OS. The topological polar surface area (TPSA) is 47.6 Å². The van der Waals surface area contributed by atoms with Crippen LogP contribution in [0, 0.1) is 5.82 Å². The van der Waals surface area contributed by atoms with Gasteiger partial charge in [0.05, 0.1) is 12.2 Å². The lowest BCUT2D eigenvalue weighted by molar-refractivity contribution is -0.117. The van der Waals surface area contributed by atoms with Gasteiger partial charge >= 0.3 is 0 Å². The summed E-state index contributed by atoms with van der Waals surface area (Å²) in [6, 6.07) is 14.3. The molecule has 0 atom stereocenters. The molecule has 1 amide bonds. The molecule has 1 aliphatic heterocycles. The van der Waals surface area contributed by atoms with Crippen LogP contribution in [0.1, 0.15) is 12.5 Å². The van der Waals surface area contributed by atoms with E-state index < -0.39 is 0 Å². The molecule has 0 bridgehead atoms. The average Bonchev–Trinajstić information content (AvgIpc) is 2.70. The minimum atomic E-state index is -0.326. The van der Waals surface area contributed by atoms with Crippen LogP contribution in [0.5, 0.6) is 0 Å². The SMILES string of the molecule is CCc1ccccc1NC(=O)CN1CCN(C(=S)Nc2ccccc2F)CC1. The second-order valence-electron chi connectivity index (χ2n) is 6.73. The predicted molar refractivity (Wildman–Crippen MR) is 115 cm³/mol. The molecule has 0 aromatic heterocycles. The van der Waals surface area contributed by atoms with E-state index in [1.54, 1.807) is 18.2 Å². The Hall–Kier alpha value is -2.51. The summed E-state index contributed by atoms with van der Waals surface area (Å²) in [7, 11) is 0. The molecule has 0 unspecified atom stereocenters. The summed E-state index contributed by atoms with van der Waals surface area (Å²) in [5, 5.41) is 6.48. The first-order chi connectivity index (χ1) is 13.6. The number of nitrogens with zero attached hydrogens (tertiary/aromatic N) is 2. The maximum Gasteiger partial charge on any atom is 0.238 e. The second-order valence-corrected chi connectivity index (χ2v) is 7.12. The zero-order valence-electron chi connectivity index (χ0n) is 16.0. The molecule has 7 heteroatoms. The fourth-order valence-electron chi connectivity index (χ4n) is 3.21. The average molecular weight is 401 g/mol. The Morgan fingerprint density at radius 1 is 1.00 bits per heavy atom. The van der Waals surface area contributed by atoms with E-state index in [4.69, 9.17) is 12.2 Å². The van der Waals surface area contributed by atoms with Crippen LogP contribution in [0.2, 0.25) is 0 Å². The standard InChI is InChI=1S/C21H25FN4OS/c1-2-16-7-3-5-9-18(16)23-20(27)15-25-11-13-26(14-12-25)21(28)24-19-10-6-4-8-17(19)22/h3-10H,2,11-15H2,1H3,(H,23,27)(H,24,28). The monoisotopic (exact) mass is 400 g/mol. The van der Waals surface area contributed by atoms with Crippen LogP contribution in [0.25, 0.3) is 0 Å². The van der Waals surface area contributed by atoms with Gasteiger partial charge in [-0.15, -0.1) is 0 Å². The molecule has 2 aromatic carbocycles. The van der Waals surface area contributed by atoms with E-state index in [9.17, 15) is 9.18 Å². The summed E-state index contributed by atoms with van der Waals surface area (Å²) in [6.45, 7) is 5.25. The summed E-state index contributed by atoms with van der Waals surface area (Å²) < 4.78 is 13.8. The molecule has 1 saturated heterocycles. The van der Waals surface area contributed by atoms with Gasteiger partial charge in [0.15, 0.2) is 5.11 Å². The van der Waals surface area contributed by atoms with Crippen molar-refractivity contribution in [2.45, 2.75) is 13.3 Å². The van der Waals surface area contributed by atoms with Crippen LogP contribution in [0.4, 0.5) is 15.8 Å². The number of nitrogens with one attached hydrogen (secondary N) is 2. The predicted octanol–water partition coefficient (Wildman–Crippen LogP) is 3.34. The van der Waals surface area contributed by atoms with Gasteiger partial charge in [0.25, 0.3) is 0 Å². The van der Waals surface area contributed by atoms with Gasteiger partial charge in [-0.3, -0.25) is 9.69 Å². The van der Waals surface area contributed by atoms with Gasteiger partial charge < -0.3 is 15.5 Å². The molecule has 2 aromatic rings. The summed E-state index contributed by atoms with van der Waals surface area (Å²) in [5.74, 6) is -0.339. The van der Waals surface area contributed by atoms with Gasteiger partial charge in [0, 0.05) is 31.9 Å². The molecule has 148 valence electrons. The second kappa shape index (κ2) is 9.61. The van der Waals surface area contributed by atoms with Crippen molar-refractivity contribution >= 4 is 34.6 Å². The molecule has 28 heavy (non-hydrogen) atoms. The zero-order chi connectivity index (χ0) is 19.9. The lowest BCUT2D eigenvalue weighted by Crippen LogP contribution is -2.51. The highest BCUT2D eigenvalue weighted by Gasteiger charge is 2.21. The smallest absolute Gasteiger partial charge is 0.238 e. The van der Waals surface area contributed by atoms with Crippen molar-refractivity contribution in [1.82, 2.24) is 9.80 Å². The maximum atomic E-state index is 13.8. The Labute approximate surface area is 170 Å². The summed E-state index contributed by atoms with van der Waals surface area (Å²) in [6.07, 6.45) is 0.877. The zero-order valence-corrected chi connectivity index (χ0v) is 16.8. The van der Waals surface area contributed by atoms with Crippen molar-refractivity contribution in [1.29, 1.82) is 0 Å². The number of benzene rings is 2. The van der Waals surface area contributed by atoms with Crippen molar-refractivity contribution in [3.8, 4) is 0 Å². The van der Waals surface area contributed by atoms with Crippen LogP contribution < -0.4 is 10.6 Å². The molecule has 2 N–H and O–H groups in total. The fraction of sp³-hybridized carbons (Fsp3) is 0.333. The van der Waals surface area contributed by atoms with Crippen LogP contribution in [0.15, 0.2) is 48.5 Å². The number of aryl methyl sites for hydroxylation is 1. The number of anilines is 2. The Bertz CT molecular complexity index is 837. The van der Waals surface area contributed by atoms with E-state index in [1.807, 2.05) is 29.2 Å². The number of thiocarbonyl (C=S) groups is 1. The quantitative estimate of drug-likeness (QED) is 0.754. The first-order valence-corrected chi connectivity index (χ1v) is 9.88. The molecule has 0 radical (unpaired) electrons. The number of carbonyl (C=O) groups is 1. The Balaban J connectivity index is 1.46. The Morgan fingerprint density at radius 2 is 1.64 bits per heavy atom. The highest BCUT2D eigenvalue weighted by atomic mass is 32.1. The summed E-state index contributed by atoms with van der Waals surface area (Å²) >= 11 is 5.41. The third-order valence-corrected chi connectivity index (χ3v) is 5.17. The molecule has 1 fully saturated rings. The molecule has 1 heterocycles. The summed E-state index contributed by atoms with van der Waals surface area (Å²) in [4.78, 5) is 16.5. The van der Waals surface area contributed by atoms with E-state index in [0.717, 1.165) is 30.8 Å². The van der Waals surface area contributed by atoms with Gasteiger partial charge in [-0.2, -0.15) is 0 Å². The van der Waals surface area contributed by atoms with Gasteiger partial charge in [-0.25, -0.2) is 4.39 Å². The van der Waals surface area contributed by atoms with Gasteiger partial charge in [0.2, 0.25) is 5.91 Å². The fourth-order valence-corrected chi connectivity index (χ4v) is 3.50. The van der Waals surface area contributed by atoms with E-state index in [0.29, 0.717) is 30.4 Å². The largest absolute Gasteiger partial charge is 0.346 e. The van der Waals surface area contributed by atoms with Crippen LogP contribution >= 0.6 is 12.2 Å². The minimum absolute atomic E-state index is 0.0126. The van der Waals surface area contributed by atoms with Gasteiger partial charge in [-0.05, 0) is 42.4 Å². The Kier molecular flexibility index (Phi) is 6.95. The number of hydrogen-bond donors (Lipinski definition) is 2. The molecule has 0 spiro atoms. The normalized spacial score (nSPS) is 14.6. The van der Waals surface area contributed by atoms with Crippen LogP contribution in [-0.4, -0.2) is 53.5 Å². The molecular weight excluding hydrogens is 375 g/mol. The van der Waals surface area contributed by atoms with Crippen molar-refractivity contribution in [3.05, 3.63) is 59.9 Å². The van der Waals surface area contributed by atoms with Crippen LogP contribution in [-0.2, 0) is 11.2 Å². The lowest BCUT2D eigenvalue weighted by atomic mass is 10.1. The molecule has 5 nitrogen and oxygen atoms in total. The highest BCUT2D eigenvalue weighted by Crippen LogP contribution is 2.16. The number of amides is 1. The van der Waals surface area contributed by atoms with Crippen molar-refractivity contribution in [3.63, 3.8) is 0 Å². The molecule has 0 aliphatic carbocycles. The molecule has 1 aliphatic rings. The third-order valence-electron chi connectivity index (χ3n) is 4.81. The molecule has 0 saturated carbocycles. The number of halogens is 1. The number of piperazine rings is 1. The van der Waals surface area contributed by atoms with Crippen molar-refractivity contribution in [2.75, 3.05) is 43.4 Å². The summed E-state index contributed by atoms with van der Waals surface area (Å²) in [5.41, 5.74) is 2.39. The number of hydrogen-bond acceptors (Lipinski definition) is 3. The van der Waals surface area contributed by atoms with Crippen molar-refractivity contribution < 1.29 is 9.18 Å². The van der Waals surface area contributed by atoms with E-state index in [1.165, 1.54) is 6.07 Å². The van der Waals surface area contributed by atoms with Gasteiger partial charge in [0.1, 0.15) is 5.82 Å². The number of rotatable bonds is 5. The van der Waals surface area contributed by atoms with Crippen molar-refractivity contribution in [2.24, 2.45) is 0 Å². The van der Waals surface area contributed by atoms with E-state index >= 15 is 0 Å². The maximum absolute atomic E-state index is 13.8. The molecule has 3 rings (SSSR count). The first-order valence-electron chi connectivity index (χ1n) is 9.47. The number of para-hydroxylation sites is 2. The van der Waals surface area contributed by atoms with E-state index in [-0.39, 0.29) is 11.7 Å². The van der Waals surface area contributed by atoms with Gasteiger partial charge in [-0.1, -0.05) is 37.3 Å². The number of carbonyl (C=O) groups excluding carboxylic acids is 1.